The molecule has 0 radical (unpaired) electrons. The fourth-order valence-corrected chi connectivity index (χ4v) is 3.84. The molecule has 3 aromatic rings. The van der Waals surface area contributed by atoms with E-state index in [4.69, 9.17) is 14.6 Å². The number of methoxy groups -OCH3 is 1. The Hall–Kier alpha value is -5.13. The molecule has 4 rings (SSSR count). The lowest BCUT2D eigenvalue weighted by molar-refractivity contribution is -0.110. The summed E-state index contributed by atoms with van der Waals surface area (Å²) < 4.78 is 23.8. The Balaban J connectivity index is 1.50. The van der Waals surface area contributed by atoms with Gasteiger partial charge in [-0.1, -0.05) is 6.07 Å². The number of carbonyl (C=O) groups excluding carboxylic acids is 3. The number of imide groups is 1. The number of carboxylic acid groups (broad SMARTS) is 1. The Morgan fingerprint density at radius 1 is 1.11 bits per heavy atom. The number of aromatic amines is 1. The average molecular weight is 508 g/mol. The first-order chi connectivity index (χ1) is 17.6. The molecule has 37 heavy (non-hydrogen) atoms. The standard InChI is InChI=1S/C25H21FN4O7/c1-11-19(27-12(2)21(11)37-25(34)35)10-17-15-6-4-13(8-20(15)29-23(17)32)28-24(33)30-22(31)16-7-5-14(36-3)9-18(16)26/h4-10,27H,1-3H3,(H,29,32)(H,34,35)(H2,28,30,31,33)/b17-10-. The second kappa shape index (κ2) is 9.85. The van der Waals surface area contributed by atoms with E-state index in [0.29, 0.717) is 33.8 Å². The normalized spacial score (nSPS) is 13.1. The Morgan fingerprint density at radius 3 is 2.54 bits per heavy atom. The number of rotatable bonds is 5. The van der Waals surface area contributed by atoms with E-state index in [2.05, 4.69) is 15.6 Å². The molecule has 1 aromatic heterocycles. The average Bonchev–Trinajstić information content (AvgIpc) is 3.28. The highest BCUT2D eigenvalue weighted by molar-refractivity contribution is 6.35. The molecule has 0 unspecified atom stereocenters. The Kier molecular flexibility index (Phi) is 6.65. The van der Waals surface area contributed by atoms with E-state index in [1.165, 1.54) is 31.4 Å². The predicted octanol–water partition coefficient (Wildman–Crippen LogP) is 4.29. The van der Waals surface area contributed by atoms with Crippen molar-refractivity contribution in [2.24, 2.45) is 0 Å². The number of halogens is 1. The Bertz CT molecular complexity index is 1490. The highest BCUT2D eigenvalue weighted by Crippen LogP contribution is 2.36. The highest BCUT2D eigenvalue weighted by Gasteiger charge is 2.26. The van der Waals surface area contributed by atoms with Crippen molar-refractivity contribution in [2.45, 2.75) is 13.8 Å². The number of fused-ring (bicyclic) bond motifs is 1. The number of ether oxygens (including phenoxy) is 2. The van der Waals surface area contributed by atoms with Crippen LogP contribution in [-0.4, -0.2) is 41.2 Å². The van der Waals surface area contributed by atoms with Crippen LogP contribution in [0.25, 0.3) is 11.6 Å². The quantitative estimate of drug-likeness (QED) is 0.254. The van der Waals surface area contributed by atoms with Gasteiger partial charge in [0.25, 0.3) is 11.8 Å². The Labute approximate surface area is 209 Å². The number of urea groups is 1. The van der Waals surface area contributed by atoms with Crippen molar-refractivity contribution < 1.29 is 38.1 Å². The molecule has 1 aliphatic heterocycles. The first kappa shape index (κ1) is 25.0. The van der Waals surface area contributed by atoms with Crippen LogP contribution in [0.1, 0.15) is 32.9 Å². The topological polar surface area (TPSA) is 159 Å². The van der Waals surface area contributed by atoms with Gasteiger partial charge in [0.15, 0.2) is 5.75 Å². The summed E-state index contributed by atoms with van der Waals surface area (Å²) in [7, 11) is 1.36. The zero-order valence-corrected chi connectivity index (χ0v) is 19.8. The van der Waals surface area contributed by atoms with Crippen molar-refractivity contribution in [1.29, 1.82) is 0 Å². The SMILES string of the molecule is COc1ccc(C(=O)NC(=O)Nc2ccc3c(c2)NC(=O)/C3=C\c2[nH]c(C)c(OC(=O)O)c2C)c(F)c1. The number of carbonyl (C=O) groups is 4. The van der Waals surface area contributed by atoms with Gasteiger partial charge in [0, 0.05) is 28.6 Å². The van der Waals surface area contributed by atoms with Gasteiger partial charge in [-0.2, -0.15) is 0 Å². The minimum Gasteiger partial charge on any atom is -0.497 e. The predicted molar refractivity (Wildman–Crippen MR) is 131 cm³/mol. The van der Waals surface area contributed by atoms with Crippen LogP contribution in [-0.2, 0) is 4.79 Å². The summed E-state index contributed by atoms with van der Waals surface area (Å²) in [4.78, 5) is 51.1. The van der Waals surface area contributed by atoms with Crippen LogP contribution in [0.5, 0.6) is 11.5 Å². The molecular weight excluding hydrogens is 487 g/mol. The molecule has 2 heterocycles. The second-order valence-corrected chi connectivity index (χ2v) is 8.01. The third kappa shape index (κ3) is 5.12. The maximum Gasteiger partial charge on any atom is 0.511 e. The van der Waals surface area contributed by atoms with E-state index in [1.807, 2.05) is 5.32 Å². The monoisotopic (exact) mass is 508 g/mol. The van der Waals surface area contributed by atoms with Crippen molar-refractivity contribution >= 4 is 47.0 Å². The molecule has 0 saturated carbocycles. The van der Waals surface area contributed by atoms with Gasteiger partial charge in [0.2, 0.25) is 0 Å². The summed E-state index contributed by atoms with van der Waals surface area (Å²) in [6, 6.07) is 7.33. The number of amides is 4. The number of H-pyrrole nitrogens is 1. The fourth-order valence-electron chi connectivity index (χ4n) is 3.84. The van der Waals surface area contributed by atoms with Gasteiger partial charge >= 0.3 is 12.2 Å². The van der Waals surface area contributed by atoms with Crippen molar-refractivity contribution in [3.05, 3.63) is 70.3 Å². The van der Waals surface area contributed by atoms with Crippen molar-refractivity contribution in [3.8, 4) is 11.5 Å². The summed E-state index contributed by atoms with van der Waals surface area (Å²) in [6.07, 6.45) is 0.119. The minimum absolute atomic E-state index is 0.160. The van der Waals surface area contributed by atoms with E-state index >= 15 is 0 Å². The molecule has 0 fully saturated rings. The molecular formula is C25H21FN4O7. The first-order valence-electron chi connectivity index (χ1n) is 10.8. The molecule has 1 aliphatic rings. The molecule has 11 nitrogen and oxygen atoms in total. The fraction of sp³-hybridized carbons (Fsp3) is 0.120. The molecule has 190 valence electrons. The van der Waals surface area contributed by atoms with Gasteiger partial charge in [-0.3, -0.25) is 14.9 Å². The lowest BCUT2D eigenvalue weighted by Gasteiger charge is -2.09. The van der Waals surface area contributed by atoms with Crippen LogP contribution < -0.4 is 25.4 Å². The maximum atomic E-state index is 14.1. The summed E-state index contributed by atoms with van der Waals surface area (Å²) in [5, 5.41) is 16.1. The molecule has 0 spiro atoms. The molecule has 5 N–H and O–H groups in total. The van der Waals surface area contributed by atoms with Gasteiger partial charge in [-0.15, -0.1) is 0 Å². The molecule has 4 amide bonds. The van der Waals surface area contributed by atoms with Crippen LogP contribution in [0, 0.1) is 19.7 Å². The van der Waals surface area contributed by atoms with E-state index in [0.717, 1.165) is 6.07 Å². The van der Waals surface area contributed by atoms with Crippen molar-refractivity contribution in [3.63, 3.8) is 0 Å². The van der Waals surface area contributed by atoms with Crippen LogP contribution in [0.3, 0.4) is 0 Å². The number of aryl methyl sites for hydroxylation is 1. The highest BCUT2D eigenvalue weighted by atomic mass is 19.1. The molecule has 0 atom stereocenters. The zero-order chi connectivity index (χ0) is 26.9. The Morgan fingerprint density at radius 2 is 1.86 bits per heavy atom. The van der Waals surface area contributed by atoms with Gasteiger partial charge < -0.3 is 30.2 Å². The number of nitrogens with one attached hydrogen (secondary N) is 4. The van der Waals surface area contributed by atoms with Gasteiger partial charge in [-0.05, 0) is 44.2 Å². The third-order valence-corrected chi connectivity index (χ3v) is 5.59. The molecule has 0 bridgehead atoms. The molecule has 12 heteroatoms. The van der Waals surface area contributed by atoms with Crippen LogP contribution in [0.4, 0.5) is 25.4 Å². The van der Waals surface area contributed by atoms with Crippen molar-refractivity contribution in [2.75, 3.05) is 17.7 Å². The number of hydrogen-bond donors (Lipinski definition) is 5. The summed E-state index contributed by atoms with van der Waals surface area (Å²) in [5.74, 6) is -1.82. The number of aromatic nitrogens is 1. The van der Waals surface area contributed by atoms with Gasteiger partial charge in [0.05, 0.1) is 29.6 Å². The van der Waals surface area contributed by atoms with Crippen molar-refractivity contribution in [1.82, 2.24) is 10.3 Å². The summed E-state index contributed by atoms with van der Waals surface area (Å²) >= 11 is 0. The van der Waals surface area contributed by atoms with E-state index in [9.17, 15) is 23.6 Å². The van der Waals surface area contributed by atoms with E-state index in [-0.39, 0.29) is 22.7 Å². The summed E-state index contributed by atoms with van der Waals surface area (Å²) in [5.41, 5.74) is 2.69. The molecule has 0 saturated heterocycles. The number of benzene rings is 2. The third-order valence-electron chi connectivity index (χ3n) is 5.59. The van der Waals surface area contributed by atoms with E-state index < -0.39 is 29.8 Å². The second-order valence-electron chi connectivity index (χ2n) is 8.01. The van der Waals surface area contributed by atoms with E-state index in [1.54, 1.807) is 26.0 Å². The van der Waals surface area contributed by atoms with Crippen LogP contribution in [0.2, 0.25) is 0 Å². The lowest BCUT2D eigenvalue weighted by Crippen LogP contribution is -2.34. The summed E-state index contributed by atoms with van der Waals surface area (Å²) in [6.45, 7) is 3.30. The van der Waals surface area contributed by atoms with Gasteiger partial charge in [-0.25, -0.2) is 14.0 Å². The van der Waals surface area contributed by atoms with Crippen LogP contribution in [0.15, 0.2) is 36.4 Å². The molecule has 0 aliphatic carbocycles. The van der Waals surface area contributed by atoms with Gasteiger partial charge in [0.1, 0.15) is 11.6 Å². The smallest absolute Gasteiger partial charge is 0.497 e. The first-order valence-corrected chi connectivity index (χ1v) is 10.8. The maximum absolute atomic E-state index is 14.1. The zero-order valence-electron chi connectivity index (χ0n) is 19.8. The minimum atomic E-state index is -1.45. The molecule has 2 aromatic carbocycles. The number of anilines is 2. The van der Waals surface area contributed by atoms with Crippen LogP contribution >= 0.6 is 0 Å². The largest absolute Gasteiger partial charge is 0.511 e. The lowest BCUT2D eigenvalue weighted by atomic mass is 10.0. The number of hydrogen-bond acceptors (Lipinski definition) is 6.